The first kappa shape index (κ1) is 5.72. The molecule has 0 radical (unpaired) electrons. The molecule has 0 aliphatic heterocycles. The third-order valence-electron chi connectivity index (χ3n) is 2.29. The summed E-state index contributed by atoms with van der Waals surface area (Å²) in [6.07, 6.45) is -10.5. The topological polar surface area (TPSA) is 55.4 Å². The van der Waals surface area contributed by atoms with Crippen molar-refractivity contribution in [1.29, 1.82) is 0 Å². The fourth-order valence-corrected chi connectivity index (χ4v) is 1.30. The van der Waals surface area contributed by atoms with Gasteiger partial charge < -0.3 is 10.1 Å². The van der Waals surface area contributed by atoms with Crippen LogP contribution in [0, 0.1) is 5.92 Å². The molecular formula is C13H23NO3. The van der Waals surface area contributed by atoms with Crippen LogP contribution in [0.5, 0.6) is 0 Å². The zero-order chi connectivity index (χ0) is 20.7. The van der Waals surface area contributed by atoms with Crippen LogP contribution in [-0.4, -0.2) is 24.0 Å². The number of ether oxygens (including phenoxy) is 1. The SMILES string of the molecule is [2H]C([2H])([2H])C([2H])([2H])C([2H])([2H])C([2H])([2H])C(C)C(OC(C)=O)C(=O)NC1CC1. The van der Waals surface area contributed by atoms with Gasteiger partial charge in [-0.15, -0.1) is 0 Å². The number of rotatable bonds is 7. The Morgan fingerprint density at radius 3 is 2.82 bits per heavy atom. The van der Waals surface area contributed by atoms with Gasteiger partial charge in [0, 0.05) is 31.2 Å². The van der Waals surface area contributed by atoms with Crippen LogP contribution in [-0.2, 0) is 14.3 Å². The highest BCUT2D eigenvalue weighted by atomic mass is 16.5. The molecule has 4 heteroatoms. The molecule has 1 saturated carbocycles. The van der Waals surface area contributed by atoms with Gasteiger partial charge in [-0.1, -0.05) is 26.5 Å². The maximum absolute atomic E-state index is 12.3. The fourth-order valence-electron chi connectivity index (χ4n) is 1.30. The second-order valence-corrected chi connectivity index (χ2v) is 4.00. The van der Waals surface area contributed by atoms with Crippen LogP contribution < -0.4 is 5.32 Å². The molecule has 1 N–H and O–H groups in total. The van der Waals surface area contributed by atoms with Crippen molar-refractivity contribution in [2.24, 2.45) is 5.92 Å². The first-order valence-electron chi connectivity index (χ1n) is 9.94. The summed E-state index contributed by atoms with van der Waals surface area (Å²) in [5, 5.41) is 2.52. The lowest BCUT2D eigenvalue weighted by Gasteiger charge is -2.22. The fraction of sp³-hybridized carbons (Fsp3) is 0.846. The van der Waals surface area contributed by atoms with Crippen molar-refractivity contribution in [1.82, 2.24) is 5.32 Å². The Hall–Kier alpha value is -1.06. The summed E-state index contributed by atoms with van der Waals surface area (Å²) in [5.41, 5.74) is 0. The van der Waals surface area contributed by atoms with Crippen LogP contribution in [0.4, 0.5) is 0 Å². The number of hydrogen-bond donors (Lipinski definition) is 1. The minimum absolute atomic E-state index is 0.135. The van der Waals surface area contributed by atoms with E-state index in [1.54, 1.807) is 0 Å². The number of nitrogens with one attached hydrogen (secondary N) is 1. The number of hydrogen-bond acceptors (Lipinski definition) is 3. The van der Waals surface area contributed by atoms with Crippen molar-refractivity contribution in [3.05, 3.63) is 0 Å². The maximum atomic E-state index is 12.3. The molecule has 1 amide bonds. The standard InChI is InChI=1S/C13H23NO3/c1-4-5-6-9(2)12(17-10(3)15)13(16)14-11-7-8-11/h9,11-12H,4-8H2,1-3H3,(H,14,16)/i1D3,4D2,5D2,6D2. The maximum Gasteiger partial charge on any atom is 0.303 e. The summed E-state index contributed by atoms with van der Waals surface area (Å²) in [7, 11) is 0. The number of amides is 1. The third-order valence-corrected chi connectivity index (χ3v) is 2.29. The van der Waals surface area contributed by atoms with Gasteiger partial charge in [0.15, 0.2) is 6.10 Å². The third kappa shape index (κ3) is 5.20. The molecule has 0 saturated heterocycles. The Kier molecular flexibility index (Phi) is 2.23. The van der Waals surface area contributed by atoms with Crippen LogP contribution in [0.15, 0.2) is 0 Å². The lowest BCUT2D eigenvalue weighted by Crippen LogP contribution is -2.42. The van der Waals surface area contributed by atoms with Gasteiger partial charge in [0.25, 0.3) is 5.91 Å². The summed E-state index contributed by atoms with van der Waals surface area (Å²) in [6.45, 7) is -1.37. The molecule has 0 aromatic carbocycles. The van der Waals surface area contributed by atoms with Crippen LogP contribution in [0.1, 0.15) is 65.0 Å². The van der Waals surface area contributed by atoms with Crippen molar-refractivity contribution < 1.29 is 26.7 Å². The normalized spacial score (nSPS) is 29.4. The quantitative estimate of drug-likeness (QED) is 0.703. The Morgan fingerprint density at radius 2 is 2.29 bits per heavy atom. The molecule has 2 atom stereocenters. The Bertz CT molecular complexity index is 558. The van der Waals surface area contributed by atoms with E-state index in [0.29, 0.717) is 12.8 Å². The smallest absolute Gasteiger partial charge is 0.303 e. The number of carbonyl (C=O) groups excluding carboxylic acids is 2. The first-order valence-corrected chi connectivity index (χ1v) is 5.44. The van der Waals surface area contributed by atoms with Crippen LogP contribution in [0.25, 0.3) is 0 Å². The van der Waals surface area contributed by atoms with Gasteiger partial charge in [-0.2, -0.15) is 0 Å². The van der Waals surface area contributed by atoms with E-state index in [1.165, 1.54) is 0 Å². The summed E-state index contributed by atoms with van der Waals surface area (Å²) >= 11 is 0. The minimum atomic E-state index is -3.55. The molecule has 4 nitrogen and oxygen atoms in total. The monoisotopic (exact) mass is 250 g/mol. The molecule has 0 spiro atoms. The van der Waals surface area contributed by atoms with Crippen molar-refractivity contribution in [2.45, 2.75) is 64.8 Å². The molecule has 0 bridgehead atoms. The van der Waals surface area contributed by atoms with Crippen molar-refractivity contribution in [2.75, 3.05) is 0 Å². The molecule has 98 valence electrons. The molecule has 0 heterocycles. The predicted molar refractivity (Wildman–Crippen MR) is 65.4 cm³/mol. The van der Waals surface area contributed by atoms with E-state index < -0.39 is 49.9 Å². The number of esters is 1. The number of carbonyl (C=O) groups is 2. The minimum Gasteiger partial charge on any atom is -0.452 e. The lowest BCUT2D eigenvalue weighted by molar-refractivity contribution is -0.157. The second-order valence-electron chi connectivity index (χ2n) is 4.00. The highest BCUT2D eigenvalue weighted by molar-refractivity contribution is 5.84. The van der Waals surface area contributed by atoms with Crippen LogP contribution in [0.3, 0.4) is 0 Å². The van der Waals surface area contributed by atoms with Gasteiger partial charge in [0.2, 0.25) is 0 Å². The largest absolute Gasteiger partial charge is 0.452 e. The van der Waals surface area contributed by atoms with Gasteiger partial charge in [0.05, 0.1) is 0 Å². The highest BCUT2D eigenvalue weighted by Crippen LogP contribution is 2.21. The van der Waals surface area contributed by atoms with Crippen molar-refractivity contribution in [3.8, 4) is 0 Å². The summed E-state index contributed by atoms with van der Waals surface area (Å²) in [6, 6.07) is -0.135. The van der Waals surface area contributed by atoms with E-state index in [-0.39, 0.29) is 6.04 Å². The van der Waals surface area contributed by atoms with E-state index in [1.807, 2.05) is 0 Å². The van der Waals surface area contributed by atoms with Gasteiger partial charge >= 0.3 is 5.97 Å². The Morgan fingerprint density at radius 1 is 1.59 bits per heavy atom. The molecule has 2 unspecified atom stereocenters. The van der Waals surface area contributed by atoms with Crippen molar-refractivity contribution in [3.63, 3.8) is 0 Å². The van der Waals surface area contributed by atoms with Crippen LogP contribution >= 0.6 is 0 Å². The summed E-state index contributed by atoms with van der Waals surface area (Å²) in [4.78, 5) is 23.6. The molecule has 0 aromatic heterocycles. The van der Waals surface area contributed by atoms with E-state index >= 15 is 0 Å². The molecule has 1 fully saturated rings. The Balaban J connectivity index is 3.22. The van der Waals surface area contributed by atoms with Gasteiger partial charge in [-0.25, -0.2) is 0 Å². The molecule has 0 aromatic rings. The predicted octanol–water partition coefficient (Wildman–Crippen LogP) is 2.02. The highest BCUT2D eigenvalue weighted by Gasteiger charge is 2.32. The lowest BCUT2D eigenvalue weighted by atomic mass is 9.97. The average molecular weight is 250 g/mol. The van der Waals surface area contributed by atoms with E-state index in [9.17, 15) is 9.59 Å². The zero-order valence-electron chi connectivity index (χ0n) is 18.9. The summed E-state index contributed by atoms with van der Waals surface area (Å²) in [5.74, 6) is -3.38. The summed E-state index contributed by atoms with van der Waals surface area (Å²) < 4.78 is 73.6. The van der Waals surface area contributed by atoms with E-state index in [2.05, 4.69) is 5.32 Å². The molecule has 17 heavy (non-hydrogen) atoms. The van der Waals surface area contributed by atoms with Gasteiger partial charge in [0.1, 0.15) is 0 Å². The van der Waals surface area contributed by atoms with Crippen LogP contribution in [0.2, 0.25) is 0 Å². The van der Waals surface area contributed by atoms with Gasteiger partial charge in [-0.3, -0.25) is 9.59 Å². The average Bonchev–Trinajstić information content (AvgIpc) is 3.25. The Labute approximate surface area is 116 Å². The molecular weight excluding hydrogens is 218 g/mol. The molecule has 1 aliphatic rings. The second kappa shape index (κ2) is 6.62. The van der Waals surface area contributed by atoms with Crippen molar-refractivity contribution >= 4 is 11.9 Å². The van der Waals surface area contributed by atoms with Gasteiger partial charge in [-0.05, 0) is 19.2 Å². The molecule has 1 aliphatic carbocycles. The van der Waals surface area contributed by atoms with E-state index in [0.717, 1.165) is 13.8 Å². The molecule has 1 rings (SSSR count). The zero-order valence-corrected chi connectivity index (χ0v) is 9.87. The van der Waals surface area contributed by atoms with E-state index in [4.69, 9.17) is 17.1 Å². The first-order chi connectivity index (χ1) is 11.5.